The molecule has 2 aromatic carbocycles. The lowest BCUT2D eigenvalue weighted by molar-refractivity contribution is -0.131. The Bertz CT molecular complexity index is 893. The standard InChI is InChI=1S/C22H22FNO5/c23-16-8-5-14(6-9-16)20(21(25)24-17-3-1-2-4-17)29-22(26)15-7-10-18-19(13-15)28-12-11-27-18/h5-10,13,17,20H,1-4,11-12H2,(H,24,25)/t20-/m1/s1. The van der Waals surface area contributed by atoms with Gasteiger partial charge in [-0.2, -0.15) is 0 Å². The quantitative estimate of drug-likeness (QED) is 0.779. The number of halogens is 1. The summed E-state index contributed by atoms with van der Waals surface area (Å²) in [7, 11) is 0. The Hall–Kier alpha value is -3.09. The topological polar surface area (TPSA) is 73.9 Å². The van der Waals surface area contributed by atoms with E-state index in [0.717, 1.165) is 25.7 Å². The molecule has 7 heteroatoms. The fourth-order valence-corrected chi connectivity index (χ4v) is 3.60. The lowest BCUT2D eigenvalue weighted by atomic mass is 10.1. The summed E-state index contributed by atoms with van der Waals surface area (Å²) in [5.41, 5.74) is 0.655. The van der Waals surface area contributed by atoms with Crippen LogP contribution in [0.15, 0.2) is 42.5 Å². The van der Waals surface area contributed by atoms with Crippen molar-refractivity contribution in [1.29, 1.82) is 0 Å². The predicted molar refractivity (Wildman–Crippen MR) is 102 cm³/mol. The van der Waals surface area contributed by atoms with Crippen LogP contribution in [-0.2, 0) is 9.53 Å². The average Bonchev–Trinajstić information content (AvgIpc) is 3.25. The van der Waals surface area contributed by atoms with Gasteiger partial charge in [0.15, 0.2) is 11.5 Å². The van der Waals surface area contributed by atoms with Crippen molar-refractivity contribution in [2.24, 2.45) is 0 Å². The SMILES string of the molecule is O=C(O[C@@H](C(=O)NC1CCCC1)c1ccc(F)cc1)c1ccc2c(c1)OCCO2. The number of rotatable bonds is 5. The third kappa shape index (κ3) is 4.50. The van der Waals surface area contributed by atoms with Crippen molar-refractivity contribution < 1.29 is 28.2 Å². The van der Waals surface area contributed by atoms with Crippen molar-refractivity contribution in [3.63, 3.8) is 0 Å². The molecule has 1 amide bonds. The molecule has 4 rings (SSSR count). The smallest absolute Gasteiger partial charge is 0.339 e. The van der Waals surface area contributed by atoms with E-state index in [4.69, 9.17) is 14.2 Å². The van der Waals surface area contributed by atoms with E-state index in [-0.39, 0.29) is 11.6 Å². The summed E-state index contributed by atoms with van der Waals surface area (Å²) >= 11 is 0. The minimum absolute atomic E-state index is 0.0680. The summed E-state index contributed by atoms with van der Waals surface area (Å²) in [4.78, 5) is 25.6. The second-order valence-electron chi connectivity index (χ2n) is 7.19. The van der Waals surface area contributed by atoms with Crippen molar-refractivity contribution in [1.82, 2.24) is 5.32 Å². The molecular formula is C22H22FNO5. The molecule has 0 bridgehead atoms. The number of fused-ring (bicyclic) bond motifs is 1. The average molecular weight is 399 g/mol. The highest BCUT2D eigenvalue weighted by Crippen LogP contribution is 2.32. The summed E-state index contributed by atoms with van der Waals surface area (Å²) in [5.74, 6) is -0.490. The number of carbonyl (C=O) groups excluding carboxylic acids is 2. The van der Waals surface area contributed by atoms with Crippen LogP contribution < -0.4 is 14.8 Å². The molecule has 1 atom stereocenters. The first-order chi connectivity index (χ1) is 14.1. The van der Waals surface area contributed by atoms with E-state index in [9.17, 15) is 14.0 Å². The molecule has 1 saturated carbocycles. The highest BCUT2D eigenvalue weighted by molar-refractivity contribution is 5.93. The van der Waals surface area contributed by atoms with Gasteiger partial charge in [0, 0.05) is 11.6 Å². The van der Waals surface area contributed by atoms with Gasteiger partial charge in [0.25, 0.3) is 5.91 Å². The fourth-order valence-electron chi connectivity index (χ4n) is 3.60. The molecule has 2 aliphatic rings. The van der Waals surface area contributed by atoms with Gasteiger partial charge >= 0.3 is 5.97 Å². The zero-order valence-corrected chi connectivity index (χ0v) is 15.9. The largest absolute Gasteiger partial charge is 0.486 e. The van der Waals surface area contributed by atoms with E-state index >= 15 is 0 Å². The molecule has 152 valence electrons. The van der Waals surface area contributed by atoms with Crippen LogP contribution in [0.3, 0.4) is 0 Å². The van der Waals surface area contributed by atoms with Crippen LogP contribution in [0.5, 0.6) is 11.5 Å². The van der Waals surface area contributed by atoms with E-state index in [1.807, 2.05) is 0 Å². The van der Waals surface area contributed by atoms with E-state index in [2.05, 4.69) is 5.32 Å². The molecule has 0 spiro atoms. The minimum Gasteiger partial charge on any atom is -0.486 e. The van der Waals surface area contributed by atoms with Crippen molar-refractivity contribution in [2.75, 3.05) is 13.2 Å². The Morgan fingerprint density at radius 2 is 1.69 bits per heavy atom. The number of carbonyl (C=O) groups is 2. The van der Waals surface area contributed by atoms with E-state index in [0.29, 0.717) is 30.3 Å². The maximum Gasteiger partial charge on any atom is 0.339 e. The molecular weight excluding hydrogens is 377 g/mol. The van der Waals surface area contributed by atoms with E-state index in [1.54, 1.807) is 12.1 Å². The molecule has 1 aliphatic carbocycles. The van der Waals surface area contributed by atoms with Gasteiger partial charge in [0.1, 0.15) is 19.0 Å². The van der Waals surface area contributed by atoms with Gasteiger partial charge in [-0.15, -0.1) is 0 Å². The van der Waals surface area contributed by atoms with E-state index in [1.165, 1.54) is 30.3 Å². The van der Waals surface area contributed by atoms with Crippen LogP contribution in [0, 0.1) is 5.82 Å². The first-order valence-corrected chi connectivity index (χ1v) is 9.76. The van der Waals surface area contributed by atoms with Gasteiger partial charge in [-0.1, -0.05) is 25.0 Å². The summed E-state index contributed by atoms with van der Waals surface area (Å²) in [5, 5.41) is 2.94. The number of hydrogen-bond acceptors (Lipinski definition) is 5. The third-order valence-electron chi connectivity index (χ3n) is 5.12. The minimum atomic E-state index is -1.17. The van der Waals surface area contributed by atoms with Crippen LogP contribution in [0.25, 0.3) is 0 Å². The summed E-state index contributed by atoms with van der Waals surface area (Å²) < 4.78 is 29.8. The summed E-state index contributed by atoms with van der Waals surface area (Å²) in [6.45, 7) is 0.846. The van der Waals surface area contributed by atoms with Gasteiger partial charge in [0.2, 0.25) is 6.10 Å². The van der Waals surface area contributed by atoms with Gasteiger partial charge < -0.3 is 19.5 Å². The molecule has 0 unspecified atom stereocenters. The Morgan fingerprint density at radius 3 is 2.41 bits per heavy atom. The Kier molecular flexibility index (Phi) is 5.64. The van der Waals surface area contributed by atoms with Crippen LogP contribution in [0.1, 0.15) is 47.7 Å². The Morgan fingerprint density at radius 1 is 1.00 bits per heavy atom. The first kappa shape index (κ1) is 19.2. The van der Waals surface area contributed by atoms with Crippen molar-refractivity contribution in [2.45, 2.75) is 37.8 Å². The fraction of sp³-hybridized carbons (Fsp3) is 0.364. The molecule has 6 nitrogen and oxygen atoms in total. The molecule has 1 aliphatic heterocycles. The highest BCUT2D eigenvalue weighted by Gasteiger charge is 2.29. The molecule has 1 fully saturated rings. The van der Waals surface area contributed by atoms with E-state index < -0.39 is 23.8 Å². The van der Waals surface area contributed by atoms with Gasteiger partial charge in [0.05, 0.1) is 5.56 Å². The summed E-state index contributed by atoms with van der Waals surface area (Å²) in [6, 6.07) is 10.2. The normalized spacial score (nSPS) is 16.9. The number of hydrogen-bond donors (Lipinski definition) is 1. The molecule has 0 aromatic heterocycles. The Labute approximate surface area is 168 Å². The van der Waals surface area contributed by atoms with Crippen LogP contribution in [0.2, 0.25) is 0 Å². The lowest BCUT2D eigenvalue weighted by Crippen LogP contribution is -2.38. The maximum atomic E-state index is 13.3. The van der Waals surface area contributed by atoms with Gasteiger partial charge in [-0.25, -0.2) is 9.18 Å². The second kappa shape index (κ2) is 8.51. The Balaban J connectivity index is 1.54. The summed E-state index contributed by atoms with van der Waals surface area (Å²) in [6.07, 6.45) is 2.75. The molecule has 29 heavy (non-hydrogen) atoms. The molecule has 2 aromatic rings. The van der Waals surface area contributed by atoms with Gasteiger partial charge in [-0.3, -0.25) is 4.79 Å². The number of esters is 1. The molecule has 0 radical (unpaired) electrons. The number of nitrogens with one attached hydrogen (secondary N) is 1. The molecule has 0 saturated heterocycles. The third-order valence-corrected chi connectivity index (χ3v) is 5.12. The first-order valence-electron chi connectivity index (χ1n) is 9.76. The monoisotopic (exact) mass is 399 g/mol. The zero-order chi connectivity index (χ0) is 20.2. The number of ether oxygens (including phenoxy) is 3. The predicted octanol–water partition coefficient (Wildman–Crippen LogP) is 3.55. The van der Waals surface area contributed by atoms with Crippen LogP contribution >= 0.6 is 0 Å². The maximum absolute atomic E-state index is 13.3. The van der Waals surface area contributed by atoms with Crippen LogP contribution in [0.4, 0.5) is 4.39 Å². The number of amides is 1. The van der Waals surface area contributed by atoms with Crippen molar-refractivity contribution in [3.05, 3.63) is 59.4 Å². The van der Waals surface area contributed by atoms with Crippen LogP contribution in [-0.4, -0.2) is 31.1 Å². The number of benzene rings is 2. The molecule has 1 N–H and O–H groups in total. The second-order valence-corrected chi connectivity index (χ2v) is 7.19. The highest BCUT2D eigenvalue weighted by atomic mass is 19.1. The van der Waals surface area contributed by atoms with Gasteiger partial charge in [-0.05, 0) is 43.2 Å². The lowest BCUT2D eigenvalue weighted by Gasteiger charge is -2.21. The van der Waals surface area contributed by atoms with Crippen molar-refractivity contribution in [3.8, 4) is 11.5 Å². The van der Waals surface area contributed by atoms with Crippen molar-refractivity contribution >= 4 is 11.9 Å². The molecule has 1 heterocycles. The zero-order valence-electron chi connectivity index (χ0n) is 15.9.